The summed E-state index contributed by atoms with van der Waals surface area (Å²) in [6, 6.07) is -1.36. The number of hydrogen-bond donors (Lipinski definition) is 2. The van der Waals surface area contributed by atoms with Crippen LogP contribution in [0, 0.1) is 0 Å². The Hall–Kier alpha value is -1.30. The molecule has 0 rings (SSSR count). The summed E-state index contributed by atoms with van der Waals surface area (Å²) in [6.45, 7) is 7.69. The summed E-state index contributed by atoms with van der Waals surface area (Å²) in [4.78, 5) is 23.6. The minimum atomic E-state index is -1.56. The molecule has 0 bridgehead atoms. The molecule has 1 amide bonds. The molecule has 0 aliphatic carbocycles. The third-order valence-electron chi connectivity index (χ3n) is 1.97. The number of amides is 1. The van der Waals surface area contributed by atoms with Crippen LogP contribution in [-0.4, -0.2) is 51.5 Å². The summed E-state index contributed by atoms with van der Waals surface area (Å²) in [5.41, 5.74) is -2.27. The molecule has 1 unspecified atom stereocenters. The van der Waals surface area contributed by atoms with E-state index >= 15 is 0 Å². The maximum absolute atomic E-state index is 11.7. The first-order valence-corrected chi connectivity index (χ1v) is 5.27. The first kappa shape index (κ1) is 15.7. The molecule has 6 heteroatoms. The first-order valence-electron chi connectivity index (χ1n) is 5.27. The second kappa shape index (κ2) is 4.91. The highest BCUT2D eigenvalue weighted by Crippen LogP contribution is 2.18. The molecule has 0 radical (unpaired) electrons. The minimum absolute atomic E-state index is 0.714. The molecule has 0 aromatic heterocycles. The molecule has 0 aromatic rings. The number of carbonyl (C=O) groups is 2. The number of aliphatic hydroxyl groups is 1. The summed E-state index contributed by atoms with van der Waals surface area (Å²) in [5, 5.41) is 18.8. The second-order valence-electron chi connectivity index (χ2n) is 5.49. The molecule has 2 N–H and O–H groups in total. The van der Waals surface area contributed by atoms with E-state index in [0.29, 0.717) is 0 Å². The summed E-state index contributed by atoms with van der Waals surface area (Å²) in [5.74, 6) is -1.29. The largest absolute Gasteiger partial charge is 0.480 e. The number of nitrogens with zero attached hydrogens (tertiary/aromatic N) is 1. The van der Waals surface area contributed by atoms with E-state index in [1.54, 1.807) is 20.8 Å². The fraction of sp³-hybridized carbons (Fsp3) is 0.818. The van der Waals surface area contributed by atoms with Crippen LogP contribution in [0.5, 0.6) is 0 Å². The van der Waals surface area contributed by atoms with E-state index in [1.165, 1.54) is 20.9 Å². The van der Waals surface area contributed by atoms with Gasteiger partial charge in [0, 0.05) is 7.05 Å². The highest BCUT2D eigenvalue weighted by Gasteiger charge is 2.40. The highest BCUT2D eigenvalue weighted by atomic mass is 16.6. The van der Waals surface area contributed by atoms with Gasteiger partial charge in [-0.2, -0.15) is 0 Å². The molecule has 0 aliphatic rings. The van der Waals surface area contributed by atoms with E-state index in [0.717, 1.165) is 4.90 Å². The van der Waals surface area contributed by atoms with E-state index in [-0.39, 0.29) is 0 Å². The van der Waals surface area contributed by atoms with Gasteiger partial charge in [-0.1, -0.05) is 0 Å². The van der Waals surface area contributed by atoms with Crippen molar-refractivity contribution in [3.63, 3.8) is 0 Å². The van der Waals surface area contributed by atoms with Crippen molar-refractivity contribution in [2.45, 2.75) is 51.9 Å². The predicted molar refractivity (Wildman–Crippen MR) is 61.7 cm³/mol. The van der Waals surface area contributed by atoms with Gasteiger partial charge in [0.25, 0.3) is 0 Å². The van der Waals surface area contributed by atoms with Crippen molar-refractivity contribution in [3.8, 4) is 0 Å². The molecule has 6 nitrogen and oxygen atoms in total. The molecule has 0 aromatic carbocycles. The zero-order chi connectivity index (χ0) is 14.0. The molecule has 0 saturated carbocycles. The lowest BCUT2D eigenvalue weighted by atomic mass is 9.98. The Morgan fingerprint density at radius 1 is 1.18 bits per heavy atom. The average molecular weight is 247 g/mol. The molecule has 0 heterocycles. The summed E-state index contributed by atoms with van der Waals surface area (Å²) >= 11 is 0. The molecule has 0 fully saturated rings. The Kier molecular flexibility index (Phi) is 4.54. The van der Waals surface area contributed by atoms with E-state index in [2.05, 4.69) is 0 Å². The highest BCUT2D eigenvalue weighted by molar-refractivity contribution is 5.81. The van der Waals surface area contributed by atoms with E-state index in [9.17, 15) is 14.7 Å². The average Bonchev–Trinajstić information content (AvgIpc) is 1.96. The fourth-order valence-electron chi connectivity index (χ4n) is 1.38. The quantitative estimate of drug-likeness (QED) is 0.779. The van der Waals surface area contributed by atoms with Crippen LogP contribution >= 0.6 is 0 Å². The van der Waals surface area contributed by atoms with Gasteiger partial charge >= 0.3 is 12.1 Å². The topological polar surface area (TPSA) is 87.1 Å². The van der Waals surface area contributed by atoms with Crippen LogP contribution in [0.1, 0.15) is 34.6 Å². The molecule has 1 atom stereocenters. The number of hydrogen-bond acceptors (Lipinski definition) is 4. The molecule has 0 saturated heterocycles. The number of carboxylic acid groups (broad SMARTS) is 1. The molecule has 100 valence electrons. The number of carboxylic acids is 1. The van der Waals surface area contributed by atoms with Gasteiger partial charge < -0.3 is 14.9 Å². The molecule has 17 heavy (non-hydrogen) atoms. The third-order valence-corrected chi connectivity index (χ3v) is 1.97. The van der Waals surface area contributed by atoms with E-state index in [1.807, 2.05) is 0 Å². The van der Waals surface area contributed by atoms with Gasteiger partial charge in [0.1, 0.15) is 5.60 Å². The van der Waals surface area contributed by atoms with Gasteiger partial charge in [0.05, 0.1) is 5.60 Å². The number of likely N-dealkylation sites (N-methyl/N-ethyl adjacent to an activating group) is 1. The van der Waals surface area contributed by atoms with E-state index in [4.69, 9.17) is 9.84 Å². The molecule has 0 aliphatic heterocycles. The maximum atomic E-state index is 11.7. The summed E-state index contributed by atoms with van der Waals surface area (Å²) in [7, 11) is 1.28. The van der Waals surface area contributed by atoms with Crippen molar-refractivity contribution in [1.82, 2.24) is 4.90 Å². The van der Waals surface area contributed by atoms with Crippen molar-refractivity contribution in [1.29, 1.82) is 0 Å². The Balaban J connectivity index is 4.93. The van der Waals surface area contributed by atoms with Gasteiger partial charge in [0.15, 0.2) is 6.04 Å². The monoisotopic (exact) mass is 247 g/mol. The first-order chi connectivity index (χ1) is 7.36. The Morgan fingerprint density at radius 3 is 1.82 bits per heavy atom. The Labute approximate surface area is 101 Å². The van der Waals surface area contributed by atoms with Gasteiger partial charge in [-0.15, -0.1) is 0 Å². The number of aliphatic carboxylic acids is 1. The molecule has 0 spiro atoms. The zero-order valence-electron chi connectivity index (χ0n) is 11.1. The Morgan fingerprint density at radius 2 is 1.59 bits per heavy atom. The van der Waals surface area contributed by atoms with Crippen LogP contribution in [0.4, 0.5) is 4.79 Å². The predicted octanol–water partition coefficient (Wildman–Crippen LogP) is 1.08. The van der Waals surface area contributed by atoms with Gasteiger partial charge in [-0.25, -0.2) is 9.59 Å². The normalized spacial score (nSPS) is 14.1. The standard InChI is InChI=1S/C11H21NO5/c1-10(2,3)17-9(15)12(6)7(8(13)14)11(4,5)16/h7,16H,1-6H3,(H,13,14). The van der Waals surface area contributed by atoms with Crippen molar-refractivity contribution in [2.24, 2.45) is 0 Å². The van der Waals surface area contributed by atoms with Crippen molar-refractivity contribution < 1.29 is 24.5 Å². The zero-order valence-corrected chi connectivity index (χ0v) is 11.1. The Bertz CT molecular complexity index is 300. The van der Waals surface area contributed by atoms with Crippen LogP contribution in [0.25, 0.3) is 0 Å². The second-order valence-corrected chi connectivity index (χ2v) is 5.49. The summed E-state index contributed by atoms with van der Waals surface area (Å²) < 4.78 is 5.04. The maximum Gasteiger partial charge on any atom is 0.410 e. The summed E-state index contributed by atoms with van der Waals surface area (Å²) in [6.07, 6.45) is -0.785. The van der Waals surface area contributed by atoms with Gasteiger partial charge in [0.2, 0.25) is 0 Å². The van der Waals surface area contributed by atoms with Crippen LogP contribution < -0.4 is 0 Å². The van der Waals surface area contributed by atoms with Crippen molar-refractivity contribution >= 4 is 12.1 Å². The van der Waals surface area contributed by atoms with Crippen LogP contribution in [0.2, 0.25) is 0 Å². The van der Waals surface area contributed by atoms with Crippen molar-refractivity contribution in [2.75, 3.05) is 7.05 Å². The number of rotatable bonds is 3. The SMILES string of the molecule is CN(C(=O)OC(C)(C)C)C(C(=O)O)C(C)(C)O. The van der Waals surface area contributed by atoms with Gasteiger partial charge in [-0.3, -0.25) is 4.90 Å². The molecular weight excluding hydrogens is 226 g/mol. The van der Waals surface area contributed by atoms with Crippen LogP contribution in [0.15, 0.2) is 0 Å². The van der Waals surface area contributed by atoms with Crippen molar-refractivity contribution in [3.05, 3.63) is 0 Å². The third kappa shape index (κ3) is 5.04. The fourth-order valence-corrected chi connectivity index (χ4v) is 1.38. The van der Waals surface area contributed by atoms with Crippen LogP contribution in [0.3, 0.4) is 0 Å². The lowest BCUT2D eigenvalue weighted by Crippen LogP contribution is -2.55. The number of ether oxygens (including phenoxy) is 1. The van der Waals surface area contributed by atoms with Crippen LogP contribution in [-0.2, 0) is 9.53 Å². The number of carbonyl (C=O) groups excluding carboxylic acids is 1. The molecular formula is C11H21NO5. The smallest absolute Gasteiger partial charge is 0.410 e. The van der Waals surface area contributed by atoms with Gasteiger partial charge in [-0.05, 0) is 34.6 Å². The minimum Gasteiger partial charge on any atom is -0.480 e. The van der Waals surface area contributed by atoms with E-state index < -0.39 is 29.3 Å². The lowest BCUT2D eigenvalue weighted by molar-refractivity contribution is -0.151. The lowest BCUT2D eigenvalue weighted by Gasteiger charge is -2.34.